The van der Waals surface area contributed by atoms with Crippen LogP contribution in [0.3, 0.4) is 0 Å². The summed E-state index contributed by atoms with van der Waals surface area (Å²) in [5, 5.41) is 0. The second-order valence-corrected chi connectivity index (χ2v) is 8.30. The molecule has 0 spiro atoms. The largest absolute Gasteiger partial charge is 0.493 e. The standard InChI is InChI=1S/C27H27N3O3/c1-3-16-29-22-10-6-7-11-23(22)30(27(29)31)26-15-13-20(18-28-26)19-12-14-24(32-2)25(17-19)33-21-8-4-5-9-21/h3,6-7,10-15,17-18,21H,1,4-5,8-9,16H2,2H3. The molecule has 168 valence electrons. The van der Waals surface area contributed by atoms with Crippen LogP contribution in [0, 0.1) is 0 Å². The maximum absolute atomic E-state index is 13.1. The number of rotatable bonds is 7. The number of allylic oxidation sites excluding steroid dienone is 1. The molecule has 0 unspecified atom stereocenters. The molecule has 1 saturated carbocycles. The van der Waals surface area contributed by atoms with E-state index in [1.165, 1.54) is 12.8 Å². The van der Waals surface area contributed by atoms with Crippen molar-refractivity contribution in [3.8, 4) is 28.4 Å². The first-order chi connectivity index (χ1) is 16.2. The number of hydrogen-bond acceptors (Lipinski definition) is 4. The highest BCUT2D eigenvalue weighted by Crippen LogP contribution is 2.35. The highest BCUT2D eigenvalue weighted by Gasteiger charge is 2.19. The molecule has 4 aromatic rings. The molecule has 6 nitrogen and oxygen atoms in total. The number of fused-ring (bicyclic) bond motifs is 1. The van der Waals surface area contributed by atoms with Crippen LogP contribution in [0.4, 0.5) is 0 Å². The zero-order valence-corrected chi connectivity index (χ0v) is 18.7. The molecular formula is C27H27N3O3. The summed E-state index contributed by atoms with van der Waals surface area (Å²) in [5.41, 5.74) is 3.48. The molecule has 2 aromatic carbocycles. The van der Waals surface area contributed by atoms with Gasteiger partial charge in [0.1, 0.15) is 5.82 Å². The maximum Gasteiger partial charge on any atom is 0.335 e. The van der Waals surface area contributed by atoms with Crippen molar-refractivity contribution in [2.75, 3.05) is 7.11 Å². The molecule has 2 aromatic heterocycles. The van der Waals surface area contributed by atoms with Gasteiger partial charge in [-0.1, -0.05) is 24.3 Å². The second-order valence-electron chi connectivity index (χ2n) is 8.30. The monoisotopic (exact) mass is 441 g/mol. The van der Waals surface area contributed by atoms with Gasteiger partial charge < -0.3 is 9.47 Å². The van der Waals surface area contributed by atoms with Crippen LogP contribution < -0.4 is 15.2 Å². The van der Waals surface area contributed by atoms with Gasteiger partial charge in [-0.2, -0.15) is 0 Å². The SMILES string of the molecule is C=CCn1c(=O)n(-c2ccc(-c3ccc(OC)c(OC4CCCC4)c3)cn2)c2ccccc21. The normalized spacial score (nSPS) is 14.0. The fourth-order valence-electron chi connectivity index (χ4n) is 4.56. The van der Waals surface area contributed by atoms with E-state index < -0.39 is 0 Å². The molecular weight excluding hydrogens is 414 g/mol. The van der Waals surface area contributed by atoms with Gasteiger partial charge in [-0.25, -0.2) is 14.3 Å². The van der Waals surface area contributed by atoms with E-state index in [2.05, 4.69) is 11.6 Å². The van der Waals surface area contributed by atoms with E-state index in [1.807, 2.05) is 54.6 Å². The van der Waals surface area contributed by atoms with Gasteiger partial charge >= 0.3 is 5.69 Å². The first-order valence-corrected chi connectivity index (χ1v) is 11.3. The average Bonchev–Trinajstić information content (AvgIpc) is 3.46. The van der Waals surface area contributed by atoms with E-state index in [0.29, 0.717) is 12.4 Å². The minimum atomic E-state index is -0.131. The summed E-state index contributed by atoms with van der Waals surface area (Å²) in [5.74, 6) is 2.07. The van der Waals surface area contributed by atoms with Gasteiger partial charge in [0.25, 0.3) is 0 Å². The van der Waals surface area contributed by atoms with Crippen LogP contribution in [-0.4, -0.2) is 27.3 Å². The summed E-state index contributed by atoms with van der Waals surface area (Å²) < 4.78 is 15.1. The molecule has 33 heavy (non-hydrogen) atoms. The predicted molar refractivity (Wildman–Crippen MR) is 130 cm³/mol. The van der Waals surface area contributed by atoms with Crippen molar-refractivity contribution < 1.29 is 9.47 Å². The zero-order chi connectivity index (χ0) is 22.8. The van der Waals surface area contributed by atoms with E-state index in [-0.39, 0.29) is 11.8 Å². The third kappa shape index (κ3) is 3.93. The molecule has 0 bridgehead atoms. The Morgan fingerprint density at radius 3 is 2.48 bits per heavy atom. The smallest absolute Gasteiger partial charge is 0.335 e. The molecule has 0 saturated heterocycles. The summed E-state index contributed by atoms with van der Waals surface area (Å²) >= 11 is 0. The van der Waals surface area contributed by atoms with Crippen molar-refractivity contribution in [2.45, 2.75) is 38.3 Å². The first-order valence-electron chi connectivity index (χ1n) is 11.3. The van der Waals surface area contributed by atoms with Gasteiger partial charge in [-0.15, -0.1) is 6.58 Å². The highest BCUT2D eigenvalue weighted by molar-refractivity contribution is 5.78. The Bertz CT molecular complexity index is 1350. The number of nitrogens with zero attached hydrogens (tertiary/aromatic N) is 3. The number of ether oxygens (including phenoxy) is 2. The number of methoxy groups -OCH3 is 1. The number of benzene rings is 2. The van der Waals surface area contributed by atoms with E-state index in [0.717, 1.165) is 46.5 Å². The Hall–Kier alpha value is -3.80. The van der Waals surface area contributed by atoms with Crippen molar-refractivity contribution in [1.82, 2.24) is 14.1 Å². The lowest BCUT2D eigenvalue weighted by Crippen LogP contribution is -2.23. The fourth-order valence-corrected chi connectivity index (χ4v) is 4.56. The Morgan fingerprint density at radius 2 is 1.79 bits per heavy atom. The van der Waals surface area contributed by atoms with Crippen molar-refractivity contribution in [3.63, 3.8) is 0 Å². The van der Waals surface area contributed by atoms with E-state index in [4.69, 9.17) is 9.47 Å². The van der Waals surface area contributed by atoms with Crippen LogP contribution in [-0.2, 0) is 6.54 Å². The summed E-state index contributed by atoms with van der Waals surface area (Å²) in [4.78, 5) is 17.8. The molecule has 0 aliphatic heterocycles. The van der Waals surface area contributed by atoms with Crippen LogP contribution in [0.15, 0.2) is 78.2 Å². The zero-order valence-electron chi connectivity index (χ0n) is 18.7. The average molecular weight is 442 g/mol. The summed E-state index contributed by atoms with van der Waals surface area (Å²) in [6.07, 6.45) is 8.35. The summed E-state index contributed by atoms with van der Waals surface area (Å²) in [6, 6.07) is 17.5. The van der Waals surface area contributed by atoms with Crippen LogP contribution in [0.5, 0.6) is 11.5 Å². The van der Waals surface area contributed by atoms with Crippen LogP contribution in [0.2, 0.25) is 0 Å². The number of hydrogen-bond donors (Lipinski definition) is 0. The molecule has 0 N–H and O–H groups in total. The third-order valence-electron chi connectivity index (χ3n) is 6.22. The Kier molecular flexibility index (Phi) is 5.73. The van der Waals surface area contributed by atoms with Crippen molar-refractivity contribution in [3.05, 3.63) is 83.9 Å². The van der Waals surface area contributed by atoms with Crippen molar-refractivity contribution in [2.24, 2.45) is 0 Å². The predicted octanol–water partition coefficient (Wildman–Crippen LogP) is 5.37. The Labute approximate surface area is 192 Å². The van der Waals surface area contributed by atoms with Gasteiger partial charge in [-0.05, 0) is 67.6 Å². The molecule has 1 aliphatic rings. The minimum absolute atomic E-state index is 0.131. The molecule has 0 atom stereocenters. The van der Waals surface area contributed by atoms with E-state index in [9.17, 15) is 4.79 Å². The number of pyridine rings is 1. The van der Waals surface area contributed by atoms with E-state index >= 15 is 0 Å². The van der Waals surface area contributed by atoms with Gasteiger partial charge in [0.05, 0.1) is 24.2 Å². The lowest BCUT2D eigenvalue weighted by atomic mass is 10.1. The van der Waals surface area contributed by atoms with Gasteiger partial charge in [0, 0.05) is 18.3 Å². The van der Waals surface area contributed by atoms with Crippen LogP contribution in [0.25, 0.3) is 28.0 Å². The molecule has 0 radical (unpaired) electrons. The second kappa shape index (κ2) is 8.98. The molecule has 2 heterocycles. The Morgan fingerprint density at radius 1 is 1.03 bits per heavy atom. The van der Waals surface area contributed by atoms with Gasteiger partial charge in [0.2, 0.25) is 0 Å². The molecule has 1 aliphatic carbocycles. The summed E-state index contributed by atoms with van der Waals surface area (Å²) in [7, 11) is 1.66. The Balaban J connectivity index is 1.50. The summed E-state index contributed by atoms with van der Waals surface area (Å²) in [6.45, 7) is 4.22. The van der Waals surface area contributed by atoms with Gasteiger partial charge in [0.15, 0.2) is 11.5 Å². The quantitative estimate of drug-likeness (QED) is 0.362. The molecule has 0 amide bonds. The number of aromatic nitrogens is 3. The maximum atomic E-state index is 13.1. The lowest BCUT2D eigenvalue weighted by molar-refractivity contribution is 0.201. The highest BCUT2D eigenvalue weighted by atomic mass is 16.5. The first kappa shape index (κ1) is 21.1. The lowest BCUT2D eigenvalue weighted by Gasteiger charge is -2.17. The van der Waals surface area contributed by atoms with E-state index in [1.54, 1.807) is 28.5 Å². The molecule has 1 fully saturated rings. The number of para-hydroxylation sites is 2. The van der Waals surface area contributed by atoms with Crippen LogP contribution in [0.1, 0.15) is 25.7 Å². The molecule has 5 rings (SSSR count). The topological polar surface area (TPSA) is 58.3 Å². The fraction of sp³-hybridized carbons (Fsp3) is 0.259. The molecule has 6 heteroatoms. The van der Waals surface area contributed by atoms with Crippen molar-refractivity contribution in [1.29, 1.82) is 0 Å². The van der Waals surface area contributed by atoms with Gasteiger partial charge in [-0.3, -0.25) is 4.57 Å². The minimum Gasteiger partial charge on any atom is -0.493 e. The van der Waals surface area contributed by atoms with Crippen LogP contribution >= 0.6 is 0 Å². The van der Waals surface area contributed by atoms with Crippen molar-refractivity contribution >= 4 is 11.0 Å². The third-order valence-corrected chi connectivity index (χ3v) is 6.22. The number of imidazole rings is 1.